The molecule has 1 unspecified atom stereocenters. The molecule has 0 aromatic heterocycles. The van der Waals surface area contributed by atoms with Crippen LogP contribution in [0.5, 0.6) is 11.5 Å². The topological polar surface area (TPSA) is 51.1 Å². The predicted molar refractivity (Wildman–Crippen MR) is 110 cm³/mol. The van der Waals surface area contributed by atoms with Crippen molar-refractivity contribution in [2.24, 2.45) is 4.99 Å². The second-order valence-electron chi connectivity index (χ2n) is 6.17. The first-order chi connectivity index (χ1) is 13.1. The largest absolute Gasteiger partial charge is 0.454 e. The van der Waals surface area contributed by atoms with Gasteiger partial charge in [-0.15, -0.1) is 0 Å². The van der Waals surface area contributed by atoms with Crippen LogP contribution in [-0.2, 0) is 4.79 Å². The van der Waals surface area contributed by atoms with E-state index in [1.165, 1.54) is 6.08 Å². The third-order valence-electron chi connectivity index (χ3n) is 4.10. The van der Waals surface area contributed by atoms with Crippen LogP contribution >= 0.6 is 23.4 Å². The van der Waals surface area contributed by atoms with Crippen LogP contribution in [0.4, 0.5) is 5.69 Å². The SMILES string of the molecule is CC1CSC(N(C(=O)/C=C/c2ccc3c(c2)OCO3)c2ccc(Cl)cc2)=N1. The minimum atomic E-state index is -0.171. The highest BCUT2D eigenvalue weighted by molar-refractivity contribution is 8.14. The Labute approximate surface area is 166 Å². The smallest absolute Gasteiger partial charge is 0.257 e. The van der Waals surface area contributed by atoms with Crippen LogP contribution in [0.1, 0.15) is 12.5 Å². The van der Waals surface area contributed by atoms with Crippen molar-refractivity contribution in [2.45, 2.75) is 13.0 Å². The Morgan fingerprint density at radius 2 is 2.00 bits per heavy atom. The molecule has 0 bridgehead atoms. The highest BCUT2D eigenvalue weighted by atomic mass is 35.5. The van der Waals surface area contributed by atoms with Crippen molar-refractivity contribution in [2.75, 3.05) is 17.4 Å². The lowest BCUT2D eigenvalue weighted by atomic mass is 10.2. The summed E-state index contributed by atoms with van der Waals surface area (Å²) in [5, 5.41) is 1.32. The van der Waals surface area contributed by atoms with Crippen molar-refractivity contribution in [1.82, 2.24) is 0 Å². The van der Waals surface area contributed by atoms with Gasteiger partial charge in [0, 0.05) is 16.9 Å². The van der Waals surface area contributed by atoms with E-state index in [1.807, 2.05) is 37.3 Å². The van der Waals surface area contributed by atoms with Gasteiger partial charge in [-0.25, -0.2) is 0 Å². The molecule has 5 nitrogen and oxygen atoms in total. The van der Waals surface area contributed by atoms with Crippen LogP contribution in [0.2, 0.25) is 5.02 Å². The number of benzene rings is 2. The van der Waals surface area contributed by atoms with Crippen molar-refractivity contribution in [3.8, 4) is 11.5 Å². The van der Waals surface area contributed by atoms with Gasteiger partial charge in [-0.05, 0) is 55.0 Å². The lowest BCUT2D eigenvalue weighted by Gasteiger charge is -2.20. The summed E-state index contributed by atoms with van der Waals surface area (Å²) in [6.07, 6.45) is 3.30. The fraction of sp³-hybridized carbons (Fsp3) is 0.200. The molecule has 2 aromatic rings. The molecule has 4 rings (SSSR count). The minimum absolute atomic E-state index is 0.171. The third kappa shape index (κ3) is 3.96. The van der Waals surface area contributed by atoms with E-state index in [-0.39, 0.29) is 18.7 Å². The van der Waals surface area contributed by atoms with Gasteiger partial charge in [-0.2, -0.15) is 0 Å². The number of aliphatic imine (C=N–C) groups is 1. The Morgan fingerprint density at radius 1 is 1.22 bits per heavy atom. The number of rotatable bonds is 3. The van der Waals surface area contributed by atoms with Gasteiger partial charge in [0.25, 0.3) is 5.91 Å². The fourth-order valence-corrected chi connectivity index (χ4v) is 3.93. The maximum Gasteiger partial charge on any atom is 0.257 e. The number of thioether (sulfide) groups is 1. The summed E-state index contributed by atoms with van der Waals surface area (Å²) in [6, 6.07) is 12.9. The molecule has 2 aliphatic rings. The number of anilines is 1. The van der Waals surface area contributed by atoms with E-state index in [1.54, 1.807) is 34.9 Å². The molecule has 2 heterocycles. The summed E-state index contributed by atoms with van der Waals surface area (Å²) in [7, 11) is 0. The molecule has 0 radical (unpaired) electrons. The number of halogens is 1. The summed E-state index contributed by atoms with van der Waals surface area (Å²) < 4.78 is 10.7. The summed E-state index contributed by atoms with van der Waals surface area (Å²) in [5.74, 6) is 2.09. The first kappa shape index (κ1) is 17.9. The number of nitrogens with zero attached hydrogens (tertiary/aromatic N) is 2. The standard InChI is InChI=1S/C20H17ClN2O3S/c1-13-11-27-20(22-13)23(16-6-4-15(21)5-7-16)19(24)9-3-14-2-8-17-18(10-14)26-12-25-17/h2-10,13H,11-12H2,1H3/b9-3+. The summed E-state index contributed by atoms with van der Waals surface area (Å²) in [5.41, 5.74) is 1.60. The van der Waals surface area contributed by atoms with Crippen LogP contribution in [0.3, 0.4) is 0 Å². The van der Waals surface area contributed by atoms with E-state index in [9.17, 15) is 4.79 Å². The Hall–Kier alpha value is -2.44. The number of hydrogen-bond acceptors (Lipinski definition) is 5. The quantitative estimate of drug-likeness (QED) is 0.706. The van der Waals surface area contributed by atoms with Crippen LogP contribution in [0, 0.1) is 0 Å². The maximum atomic E-state index is 13.0. The van der Waals surface area contributed by atoms with Gasteiger partial charge < -0.3 is 9.47 Å². The van der Waals surface area contributed by atoms with Crippen molar-refractivity contribution in [3.63, 3.8) is 0 Å². The van der Waals surface area contributed by atoms with E-state index in [0.717, 1.165) is 17.0 Å². The monoisotopic (exact) mass is 400 g/mol. The Bertz CT molecular complexity index is 927. The number of carbonyl (C=O) groups excluding carboxylic acids is 1. The molecule has 0 spiro atoms. The predicted octanol–water partition coefficient (Wildman–Crippen LogP) is 4.61. The molecule has 0 aliphatic carbocycles. The van der Waals surface area contributed by atoms with Crippen LogP contribution < -0.4 is 14.4 Å². The van der Waals surface area contributed by atoms with Gasteiger partial charge in [0.2, 0.25) is 6.79 Å². The van der Waals surface area contributed by atoms with Crippen molar-refractivity contribution < 1.29 is 14.3 Å². The molecule has 0 N–H and O–H groups in total. The molecule has 2 aliphatic heterocycles. The normalized spacial score (nSPS) is 18.0. The van der Waals surface area contributed by atoms with Gasteiger partial charge in [-0.1, -0.05) is 29.4 Å². The average molecular weight is 401 g/mol. The van der Waals surface area contributed by atoms with Crippen LogP contribution in [0.25, 0.3) is 6.08 Å². The molecule has 1 atom stereocenters. The Balaban J connectivity index is 1.60. The molecule has 7 heteroatoms. The molecular weight excluding hydrogens is 384 g/mol. The highest BCUT2D eigenvalue weighted by Gasteiger charge is 2.25. The Kier molecular flexibility index (Phi) is 5.09. The van der Waals surface area contributed by atoms with Gasteiger partial charge in [-0.3, -0.25) is 14.7 Å². The maximum absolute atomic E-state index is 13.0. The van der Waals surface area contributed by atoms with Gasteiger partial charge >= 0.3 is 0 Å². The average Bonchev–Trinajstić information content (AvgIpc) is 3.30. The summed E-state index contributed by atoms with van der Waals surface area (Å²) in [6.45, 7) is 2.26. The van der Waals surface area contributed by atoms with Gasteiger partial charge in [0.1, 0.15) is 0 Å². The molecule has 0 saturated carbocycles. The van der Waals surface area contributed by atoms with E-state index in [4.69, 9.17) is 21.1 Å². The zero-order valence-corrected chi connectivity index (χ0v) is 16.2. The molecule has 27 heavy (non-hydrogen) atoms. The fourth-order valence-electron chi connectivity index (χ4n) is 2.76. The van der Waals surface area contributed by atoms with E-state index in [0.29, 0.717) is 21.7 Å². The van der Waals surface area contributed by atoms with Crippen LogP contribution in [-0.4, -0.2) is 29.7 Å². The number of amidine groups is 1. The van der Waals surface area contributed by atoms with E-state index in [2.05, 4.69) is 4.99 Å². The Morgan fingerprint density at radius 3 is 2.74 bits per heavy atom. The number of carbonyl (C=O) groups is 1. The van der Waals surface area contributed by atoms with E-state index < -0.39 is 0 Å². The van der Waals surface area contributed by atoms with Crippen LogP contribution in [0.15, 0.2) is 53.5 Å². The van der Waals surface area contributed by atoms with E-state index >= 15 is 0 Å². The number of fused-ring (bicyclic) bond motifs is 1. The first-order valence-corrected chi connectivity index (χ1v) is 9.84. The van der Waals surface area contributed by atoms with Crippen molar-refractivity contribution >= 4 is 46.2 Å². The second-order valence-corrected chi connectivity index (χ2v) is 7.59. The number of hydrogen-bond donors (Lipinski definition) is 0. The molecule has 0 fully saturated rings. The zero-order chi connectivity index (χ0) is 18.8. The minimum Gasteiger partial charge on any atom is -0.454 e. The lowest BCUT2D eigenvalue weighted by molar-refractivity contribution is -0.113. The molecule has 2 aromatic carbocycles. The van der Waals surface area contributed by atoms with Gasteiger partial charge in [0.15, 0.2) is 16.7 Å². The molecular formula is C20H17ClN2O3S. The number of amides is 1. The van der Waals surface area contributed by atoms with Crippen molar-refractivity contribution in [1.29, 1.82) is 0 Å². The number of ether oxygens (including phenoxy) is 2. The summed E-state index contributed by atoms with van der Waals surface area (Å²) in [4.78, 5) is 19.2. The second kappa shape index (κ2) is 7.66. The highest BCUT2D eigenvalue weighted by Crippen LogP contribution is 2.33. The zero-order valence-electron chi connectivity index (χ0n) is 14.6. The van der Waals surface area contributed by atoms with Gasteiger partial charge in [0.05, 0.1) is 11.7 Å². The lowest BCUT2D eigenvalue weighted by Crippen LogP contribution is -2.33. The molecule has 138 valence electrons. The summed E-state index contributed by atoms with van der Waals surface area (Å²) >= 11 is 7.57. The van der Waals surface area contributed by atoms with Crippen molar-refractivity contribution in [3.05, 3.63) is 59.1 Å². The first-order valence-electron chi connectivity index (χ1n) is 8.48. The molecule has 0 saturated heterocycles. The third-order valence-corrected chi connectivity index (χ3v) is 5.54. The molecule has 1 amide bonds.